The quantitative estimate of drug-likeness (QED) is 0.518. The van der Waals surface area contributed by atoms with Crippen LogP contribution in [0.5, 0.6) is 11.5 Å². The molecular weight excluding hydrogens is 417 g/mol. The average Bonchev–Trinajstić information content (AvgIpc) is 2.66. The highest BCUT2D eigenvalue weighted by Gasteiger charge is 2.33. The Bertz CT molecular complexity index is 878. The van der Waals surface area contributed by atoms with E-state index >= 15 is 0 Å². The molecule has 0 heterocycles. The summed E-state index contributed by atoms with van der Waals surface area (Å²) in [5.41, 5.74) is 4.91. The van der Waals surface area contributed by atoms with E-state index in [1.54, 1.807) is 24.5 Å². The molecule has 28 heavy (non-hydrogen) atoms. The SMILES string of the molecule is COc1ccc(CN(SC)C(=O)c2cc(C(F)(F)F)cc(Cl)c2N)cc1OC. The van der Waals surface area contributed by atoms with Gasteiger partial charge in [0.2, 0.25) is 0 Å². The fourth-order valence-corrected chi connectivity index (χ4v) is 3.22. The minimum atomic E-state index is -4.65. The number of alkyl halides is 3. The third-order valence-corrected chi connectivity index (χ3v) is 4.96. The monoisotopic (exact) mass is 434 g/mol. The van der Waals surface area contributed by atoms with Crippen molar-refractivity contribution in [1.82, 2.24) is 4.31 Å². The molecule has 0 unspecified atom stereocenters. The van der Waals surface area contributed by atoms with Gasteiger partial charge in [0.1, 0.15) is 0 Å². The molecule has 0 saturated carbocycles. The van der Waals surface area contributed by atoms with Gasteiger partial charge in [-0.05, 0) is 29.8 Å². The van der Waals surface area contributed by atoms with Crippen molar-refractivity contribution in [2.24, 2.45) is 0 Å². The van der Waals surface area contributed by atoms with Crippen LogP contribution >= 0.6 is 23.5 Å². The zero-order valence-corrected chi connectivity index (χ0v) is 16.8. The summed E-state index contributed by atoms with van der Waals surface area (Å²) in [4.78, 5) is 12.9. The molecule has 0 aliphatic heterocycles. The Morgan fingerprint density at radius 1 is 1.18 bits per heavy atom. The van der Waals surface area contributed by atoms with Crippen LogP contribution in [-0.4, -0.2) is 30.7 Å². The van der Waals surface area contributed by atoms with E-state index in [1.165, 1.54) is 18.5 Å². The number of nitrogens with zero attached hydrogens (tertiary/aromatic N) is 1. The van der Waals surface area contributed by atoms with Crippen molar-refractivity contribution in [2.45, 2.75) is 12.7 Å². The number of methoxy groups -OCH3 is 2. The number of carbonyl (C=O) groups excluding carboxylic acids is 1. The van der Waals surface area contributed by atoms with Crippen molar-refractivity contribution in [3.05, 3.63) is 52.0 Å². The van der Waals surface area contributed by atoms with Crippen molar-refractivity contribution in [1.29, 1.82) is 0 Å². The van der Waals surface area contributed by atoms with Gasteiger partial charge in [0, 0.05) is 6.26 Å². The summed E-state index contributed by atoms with van der Waals surface area (Å²) in [6.07, 6.45) is -3.02. The van der Waals surface area contributed by atoms with Crippen LogP contribution in [0.1, 0.15) is 21.5 Å². The number of nitrogen functional groups attached to an aromatic ring is 1. The van der Waals surface area contributed by atoms with E-state index in [0.717, 1.165) is 11.9 Å². The highest BCUT2D eigenvalue weighted by Crippen LogP contribution is 2.36. The molecule has 0 radical (unpaired) electrons. The Kier molecular flexibility index (Phi) is 6.95. The largest absolute Gasteiger partial charge is 0.493 e. The smallest absolute Gasteiger partial charge is 0.416 e. The fourth-order valence-electron chi connectivity index (χ4n) is 2.46. The molecule has 0 spiro atoms. The number of nitrogens with two attached hydrogens (primary N) is 1. The number of carbonyl (C=O) groups is 1. The summed E-state index contributed by atoms with van der Waals surface area (Å²) >= 11 is 6.87. The lowest BCUT2D eigenvalue weighted by atomic mass is 10.1. The van der Waals surface area contributed by atoms with Crippen molar-refractivity contribution < 1.29 is 27.4 Å². The average molecular weight is 435 g/mol. The number of rotatable bonds is 6. The van der Waals surface area contributed by atoms with Crippen LogP contribution in [0.25, 0.3) is 0 Å². The summed E-state index contributed by atoms with van der Waals surface area (Å²) in [5.74, 6) is 0.296. The van der Waals surface area contributed by atoms with Crippen molar-refractivity contribution in [3.8, 4) is 11.5 Å². The van der Waals surface area contributed by atoms with Gasteiger partial charge in [0.05, 0.1) is 42.6 Å². The van der Waals surface area contributed by atoms with Gasteiger partial charge in [-0.25, -0.2) is 0 Å². The maximum absolute atomic E-state index is 13.1. The minimum absolute atomic E-state index is 0.105. The molecule has 2 N–H and O–H groups in total. The topological polar surface area (TPSA) is 64.8 Å². The zero-order chi connectivity index (χ0) is 21.1. The van der Waals surface area contributed by atoms with Crippen LogP contribution in [0, 0.1) is 0 Å². The molecule has 0 fully saturated rings. The lowest BCUT2D eigenvalue weighted by molar-refractivity contribution is -0.137. The van der Waals surface area contributed by atoms with Crippen molar-refractivity contribution >= 4 is 35.1 Å². The maximum Gasteiger partial charge on any atom is 0.416 e. The molecule has 10 heteroatoms. The summed E-state index contributed by atoms with van der Waals surface area (Å²) in [6.45, 7) is 0.105. The van der Waals surface area contributed by atoms with E-state index in [-0.39, 0.29) is 22.8 Å². The zero-order valence-electron chi connectivity index (χ0n) is 15.3. The van der Waals surface area contributed by atoms with E-state index in [0.29, 0.717) is 29.2 Å². The Morgan fingerprint density at radius 2 is 1.82 bits per heavy atom. The lowest BCUT2D eigenvalue weighted by Crippen LogP contribution is -2.25. The van der Waals surface area contributed by atoms with Gasteiger partial charge in [0.25, 0.3) is 5.91 Å². The Morgan fingerprint density at radius 3 is 2.36 bits per heavy atom. The summed E-state index contributed by atoms with van der Waals surface area (Å²) in [5, 5.41) is -0.328. The fraction of sp³-hybridized carbons (Fsp3) is 0.278. The van der Waals surface area contributed by atoms with Gasteiger partial charge in [-0.3, -0.25) is 9.10 Å². The summed E-state index contributed by atoms with van der Waals surface area (Å²) in [6, 6.07) is 6.48. The second kappa shape index (κ2) is 8.83. The third kappa shape index (κ3) is 4.77. The molecule has 0 aromatic heterocycles. The van der Waals surface area contributed by atoms with Crippen LogP contribution in [-0.2, 0) is 12.7 Å². The molecule has 0 bridgehead atoms. The Balaban J connectivity index is 2.38. The molecule has 2 aromatic rings. The van der Waals surface area contributed by atoms with Crippen molar-refractivity contribution in [3.63, 3.8) is 0 Å². The Labute approximate surface area is 169 Å². The van der Waals surface area contributed by atoms with E-state index in [2.05, 4.69) is 0 Å². The van der Waals surface area contributed by atoms with E-state index in [4.69, 9.17) is 26.8 Å². The molecule has 2 rings (SSSR count). The van der Waals surface area contributed by atoms with E-state index in [1.807, 2.05) is 0 Å². The molecule has 2 aromatic carbocycles. The first-order valence-corrected chi connectivity index (χ1v) is 9.41. The molecule has 152 valence electrons. The maximum atomic E-state index is 13.1. The van der Waals surface area contributed by atoms with Gasteiger partial charge in [0.15, 0.2) is 11.5 Å². The second-order valence-electron chi connectivity index (χ2n) is 5.63. The third-order valence-electron chi connectivity index (χ3n) is 3.91. The predicted octanol–water partition coefficient (Wildman–Crippen LogP) is 4.88. The highest BCUT2D eigenvalue weighted by atomic mass is 35.5. The van der Waals surface area contributed by atoms with Crippen LogP contribution in [0.15, 0.2) is 30.3 Å². The number of benzene rings is 2. The highest BCUT2D eigenvalue weighted by molar-refractivity contribution is 7.96. The molecule has 0 atom stereocenters. The predicted molar refractivity (Wildman–Crippen MR) is 104 cm³/mol. The second-order valence-corrected chi connectivity index (χ2v) is 6.84. The van der Waals surface area contributed by atoms with Crippen LogP contribution in [0.3, 0.4) is 0 Å². The van der Waals surface area contributed by atoms with Gasteiger partial charge >= 0.3 is 6.18 Å². The first-order valence-electron chi connectivity index (χ1n) is 7.85. The first kappa shape index (κ1) is 22.0. The lowest BCUT2D eigenvalue weighted by Gasteiger charge is -2.22. The summed E-state index contributed by atoms with van der Waals surface area (Å²) in [7, 11) is 2.97. The van der Waals surface area contributed by atoms with E-state index < -0.39 is 17.6 Å². The Hall–Kier alpha value is -2.26. The molecule has 1 amide bonds. The molecule has 5 nitrogen and oxygen atoms in total. The first-order chi connectivity index (χ1) is 13.1. The number of hydrogen-bond donors (Lipinski definition) is 1. The number of hydrogen-bond acceptors (Lipinski definition) is 5. The molecule has 0 aliphatic rings. The number of ether oxygens (including phenoxy) is 2. The minimum Gasteiger partial charge on any atom is -0.493 e. The van der Waals surface area contributed by atoms with Crippen molar-refractivity contribution in [2.75, 3.05) is 26.2 Å². The number of halogens is 4. The van der Waals surface area contributed by atoms with Crippen LogP contribution in [0.2, 0.25) is 5.02 Å². The molecule has 0 saturated heterocycles. The van der Waals surface area contributed by atoms with Crippen LogP contribution in [0.4, 0.5) is 18.9 Å². The molecule has 0 aliphatic carbocycles. The summed E-state index contributed by atoms with van der Waals surface area (Å²) < 4.78 is 50.9. The van der Waals surface area contributed by atoms with Crippen LogP contribution < -0.4 is 15.2 Å². The van der Waals surface area contributed by atoms with E-state index in [9.17, 15) is 18.0 Å². The van der Waals surface area contributed by atoms with Gasteiger partial charge < -0.3 is 15.2 Å². The standard InChI is InChI=1S/C18H18ClF3N2O3S/c1-26-14-5-4-10(6-15(14)27-2)9-24(28-3)17(25)12-7-11(18(20,21)22)8-13(19)16(12)23/h4-8H,9,23H2,1-3H3. The molecular formula is C18H18ClF3N2O3S. The van der Waals surface area contributed by atoms with Gasteiger partial charge in [-0.2, -0.15) is 13.2 Å². The van der Waals surface area contributed by atoms with Gasteiger partial charge in [-0.15, -0.1) is 0 Å². The van der Waals surface area contributed by atoms with Gasteiger partial charge in [-0.1, -0.05) is 29.6 Å². The number of anilines is 1. The normalized spacial score (nSPS) is 11.2. The number of amides is 1.